The zero-order valence-electron chi connectivity index (χ0n) is 11.9. The lowest BCUT2D eigenvalue weighted by Crippen LogP contribution is -2.00. The Morgan fingerprint density at radius 2 is 2.00 bits per heavy atom. The number of aryl methyl sites for hydroxylation is 1. The Morgan fingerprint density at radius 1 is 1.19 bits per heavy atom. The monoisotopic (exact) mass is 284 g/mol. The molecule has 2 nitrogen and oxygen atoms in total. The average molecular weight is 284 g/mol. The summed E-state index contributed by atoms with van der Waals surface area (Å²) in [5.41, 5.74) is 2.11. The lowest BCUT2D eigenvalue weighted by Gasteiger charge is -2.09. The van der Waals surface area contributed by atoms with E-state index in [9.17, 15) is 4.39 Å². The third kappa shape index (κ3) is 4.34. The molecule has 0 radical (unpaired) electrons. The molecule has 0 heterocycles. The summed E-state index contributed by atoms with van der Waals surface area (Å²) in [4.78, 5) is 0. The SMILES string of the molecule is Cc1ccccc1OCc1ccc(C#CCCO)cc1F. The number of hydrogen-bond donors (Lipinski definition) is 1. The number of ether oxygens (including phenoxy) is 1. The van der Waals surface area contributed by atoms with Crippen LogP contribution in [-0.4, -0.2) is 11.7 Å². The van der Waals surface area contributed by atoms with Gasteiger partial charge in [-0.3, -0.25) is 0 Å². The van der Waals surface area contributed by atoms with E-state index in [2.05, 4.69) is 11.8 Å². The molecule has 0 bridgehead atoms. The van der Waals surface area contributed by atoms with Crippen LogP contribution >= 0.6 is 0 Å². The number of rotatable bonds is 4. The Balaban J connectivity index is 2.05. The van der Waals surface area contributed by atoms with E-state index in [1.807, 2.05) is 31.2 Å². The van der Waals surface area contributed by atoms with Gasteiger partial charge in [0.05, 0.1) is 6.61 Å². The van der Waals surface area contributed by atoms with Crippen LogP contribution in [-0.2, 0) is 6.61 Å². The van der Waals surface area contributed by atoms with Crippen LogP contribution in [0.4, 0.5) is 4.39 Å². The number of hydrogen-bond acceptors (Lipinski definition) is 2. The van der Waals surface area contributed by atoms with Gasteiger partial charge in [0, 0.05) is 17.5 Å². The quantitative estimate of drug-likeness (QED) is 0.871. The molecule has 0 aliphatic carbocycles. The largest absolute Gasteiger partial charge is 0.489 e. The molecule has 2 rings (SSSR count). The molecule has 1 N–H and O–H groups in total. The molecule has 2 aromatic rings. The average Bonchev–Trinajstić information content (AvgIpc) is 2.48. The normalized spacial score (nSPS) is 9.86. The first-order chi connectivity index (χ1) is 10.2. The summed E-state index contributed by atoms with van der Waals surface area (Å²) in [6.45, 7) is 2.14. The standard InChI is InChI=1S/C18H17FO2/c1-14-6-2-3-8-18(14)21-13-16-10-9-15(12-17(16)19)7-4-5-11-20/h2-3,6,8-10,12,20H,5,11,13H2,1H3. The van der Waals surface area contributed by atoms with E-state index < -0.39 is 0 Å². The van der Waals surface area contributed by atoms with Gasteiger partial charge in [0.1, 0.15) is 18.2 Å². The minimum Gasteiger partial charge on any atom is -0.489 e. The molecule has 2 aromatic carbocycles. The molecule has 0 unspecified atom stereocenters. The first-order valence-corrected chi connectivity index (χ1v) is 6.77. The smallest absolute Gasteiger partial charge is 0.131 e. The summed E-state index contributed by atoms with van der Waals surface area (Å²) in [6, 6.07) is 12.5. The molecule has 0 fully saturated rings. The van der Waals surface area contributed by atoms with Gasteiger partial charge in [-0.05, 0) is 30.7 Å². The minimum atomic E-state index is -0.334. The second-order valence-electron chi connectivity index (χ2n) is 4.64. The molecule has 3 heteroatoms. The molecule has 108 valence electrons. The first-order valence-electron chi connectivity index (χ1n) is 6.77. The van der Waals surface area contributed by atoms with Crippen molar-refractivity contribution in [2.75, 3.05) is 6.61 Å². The highest BCUT2D eigenvalue weighted by molar-refractivity contribution is 5.37. The van der Waals surface area contributed by atoms with Crippen molar-refractivity contribution in [3.8, 4) is 17.6 Å². The molecule has 0 aliphatic heterocycles. The van der Waals surface area contributed by atoms with E-state index in [0.29, 0.717) is 17.5 Å². The van der Waals surface area contributed by atoms with Gasteiger partial charge in [0.15, 0.2) is 0 Å². The topological polar surface area (TPSA) is 29.5 Å². The summed E-state index contributed by atoms with van der Waals surface area (Å²) in [5, 5.41) is 8.65. The fourth-order valence-corrected chi connectivity index (χ4v) is 1.84. The van der Waals surface area contributed by atoms with Crippen molar-refractivity contribution in [1.29, 1.82) is 0 Å². The van der Waals surface area contributed by atoms with Crippen molar-refractivity contribution < 1.29 is 14.2 Å². The molecule has 0 spiro atoms. The molecule has 0 saturated heterocycles. The molecule has 0 saturated carbocycles. The number of aliphatic hydroxyl groups excluding tert-OH is 1. The zero-order valence-corrected chi connectivity index (χ0v) is 11.9. The van der Waals surface area contributed by atoms with Gasteiger partial charge in [-0.1, -0.05) is 36.1 Å². The van der Waals surface area contributed by atoms with Gasteiger partial charge in [0.25, 0.3) is 0 Å². The number of benzene rings is 2. The Bertz CT molecular complexity index is 668. The van der Waals surface area contributed by atoms with Crippen molar-refractivity contribution in [2.45, 2.75) is 20.0 Å². The van der Waals surface area contributed by atoms with E-state index in [1.54, 1.807) is 12.1 Å². The maximum Gasteiger partial charge on any atom is 0.131 e. The van der Waals surface area contributed by atoms with Crippen LogP contribution in [0.5, 0.6) is 5.75 Å². The van der Waals surface area contributed by atoms with E-state index in [1.165, 1.54) is 6.07 Å². The third-order valence-corrected chi connectivity index (χ3v) is 3.00. The maximum atomic E-state index is 14.0. The number of aliphatic hydroxyl groups is 1. The van der Waals surface area contributed by atoms with Crippen LogP contribution in [0.1, 0.15) is 23.1 Å². The zero-order chi connectivity index (χ0) is 15.1. The maximum absolute atomic E-state index is 14.0. The highest BCUT2D eigenvalue weighted by Crippen LogP contribution is 2.19. The minimum absolute atomic E-state index is 0.0117. The lowest BCUT2D eigenvalue weighted by molar-refractivity contribution is 0.298. The molecule has 0 amide bonds. The van der Waals surface area contributed by atoms with Crippen molar-refractivity contribution in [2.24, 2.45) is 0 Å². The molecule has 0 aliphatic rings. The van der Waals surface area contributed by atoms with Gasteiger partial charge in [-0.2, -0.15) is 0 Å². The fourth-order valence-electron chi connectivity index (χ4n) is 1.84. The van der Waals surface area contributed by atoms with Crippen molar-refractivity contribution in [1.82, 2.24) is 0 Å². The van der Waals surface area contributed by atoms with Gasteiger partial charge < -0.3 is 9.84 Å². The first kappa shape index (κ1) is 15.1. The molecular formula is C18H17FO2. The predicted octanol–water partition coefficient (Wildman–Crippen LogP) is 3.45. The van der Waals surface area contributed by atoms with Crippen LogP contribution in [0.25, 0.3) is 0 Å². The van der Waals surface area contributed by atoms with E-state index in [0.717, 1.165) is 11.3 Å². The summed E-state index contributed by atoms with van der Waals surface area (Å²) < 4.78 is 19.6. The van der Waals surface area contributed by atoms with Crippen LogP contribution in [0, 0.1) is 24.6 Å². The summed E-state index contributed by atoms with van der Waals surface area (Å²) >= 11 is 0. The third-order valence-electron chi connectivity index (χ3n) is 3.00. The second kappa shape index (κ2) is 7.47. The molecular weight excluding hydrogens is 267 g/mol. The van der Waals surface area contributed by atoms with E-state index in [4.69, 9.17) is 9.84 Å². The van der Waals surface area contributed by atoms with Crippen LogP contribution in [0.3, 0.4) is 0 Å². The Kier molecular flexibility index (Phi) is 5.36. The highest BCUT2D eigenvalue weighted by Gasteiger charge is 2.05. The Labute approximate surface area is 124 Å². The van der Waals surface area contributed by atoms with Crippen molar-refractivity contribution in [3.63, 3.8) is 0 Å². The molecule has 0 aromatic heterocycles. The summed E-state index contributed by atoms with van der Waals surface area (Å²) in [7, 11) is 0. The van der Waals surface area contributed by atoms with Gasteiger partial charge in [0.2, 0.25) is 0 Å². The summed E-state index contributed by atoms with van der Waals surface area (Å²) in [6.07, 6.45) is 0.389. The highest BCUT2D eigenvalue weighted by atomic mass is 19.1. The van der Waals surface area contributed by atoms with E-state index in [-0.39, 0.29) is 19.0 Å². The van der Waals surface area contributed by atoms with Crippen LogP contribution in [0.15, 0.2) is 42.5 Å². The van der Waals surface area contributed by atoms with Gasteiger partial charge in [-0.15, -0.1) is 0 Å². The Morgan fingerprint density at radius 3 is 2.71 bits per heavy atom. The lowest BCUT2D eigenvalue weighted by atomic mass is 10.1. The summed E-state index contributed by atoms with van der Waals surface area (Å²) in [5.74, 6) is 5.99. The number of halogens is 1. The van der Waals surface area contributed by atoms with Crippen LogP contribution < -0.4 is 4.74 Å². The molecule has 21 heavy (non-hydrogen) atoms. The fraction of sp³-hybridized carbons (Fsp3) is 0.222. The van der Waals surface area contributed by atoms with Crippen molar-refractivity contribution >= 4 is 0 Å². The predicted molar refractivity (Wildman–Crippen MR) is 80.5 cm³/mol. The second-order valence-corrected chi connectivity index (χ2v) is 4.64. The van der Waals surface area contributed by atoms with Crippen LogP contribution in [0.2, 0.25) is 0 Å². The van der Waals surface area contributed by atoms with E-state index >= 15 is 0 Å². The molecule has 0 atom stereocenters. The van der Waals surface area contributed by atoms with Gasteiger partial charge in [-0.25, -0.2) is 4.39 Å². The Hall–Kier alpha value is -2.31. The van der Waals surface area contributed by atoms with Crippen molar-refractivity contribution in [3.05, 3.63) is 65.0 Å². The van der Waals surface area contributed by atoms with Gasteiger partial charge >= 0.3 is 0 Å². The number of para-hydroxylation sites is 1.